The van der Waals surface area contributed by atoms with E-state index in [4.69, 9.17) is 5.73 Å². The standard InChI is InChI=1S/C60H97N9O10/c1-15-31-62-51(72)37-63(10)56(76)49(34-43-26-24-39(6)25-27-43)68(17-3)57(77)46-28-32-69(46)54(74)41(8)64(11)55(75)45(40(7)16-2)35-50(71)48(33-38(4)5)65(12)52(73)36-47(42(9)70)66(13)58(78)53(44-22-18-19-23-44)67(14)59(79)60(61)29-20-21-30-60/h24-27,38,40-41,44-49,53H,15-23,28-37,61H2,1-14H3,(H,62,72)/t40-,41-,45-,46-,47-,48-,49-,53-/m0/s1. The van der Waals surface area contributed by atoms with Crippen LogP contribution in [0.1, 0.15) is 156 Å². The van der Waals surface area contributed by atoms with Gasteiger partial charge in [-0.2, -0.15) is 0 Å². The quantitative estimate of drug-likeness (QED) is 0.111. The molecule has 1 aromatic rings. The second-order valence-electron chi connectivity index (χ2n) is 23.7. The van der Waals surface area contributed by atoms with Crippen molar-refractivity contribution in [3.05, 3.63) is 35.4 Å². The smallest absolute Gasteiger partial charge is 0.246 e. The number of carbonyl (C=O) groups is 10. The van der Waals surface area contributed by atoms with Gasteiger partial charge in [0.15, 0.2) is 11.6 Å². The average molecular weight is 1100 g/mol. The molecule has 442 valence electrons. The molecule has 1 aliphatic heterocycles. The Morgan fingerprint density at radius 3 is 1.86 bits per heavy atom. The Balaban J connectivity index is 1.52. The van der Waals surface area contributed by atoms with Crippen LogP contribution in [0.5, 0.6) is 0 Å². The lowest BCUT2D eigenvalue weighted by molar-refractivity contribution is -0.161. The third-order valence-corrected chi connectivity index (χ3v) is 17.4. The molecule has 1 heterocycles. The zero-order valence-electron chi connectivity index (χ0n) is 50.3. The minimum Gasteiger partial charge on any atom is -0.355 e. The topological polar surface area (TPSA) is 231 Å². The summed E-state index contributed by atoms with van der Waals surface area (Å²) >= 11 is 0. The fourth-order valence-corrected chi connectivity index (χ4v) is 11.8. The van der Waals surface area contributed by atoms with Crippen molar-refractivity contribution in [3.63, 3.8) is 0 Å². The summed E-state index contributed by atoms with van der Waals surface area (Å²) in [4.78, 5) is 151. The van der Waals surface area contributed by atoms with Crippen LogP contribution >= 0.6 is 0 Å². The van der Waals surface area contributed by atoms with Gasteiger partial charge in [-0.05, 0) is 96.0 Å². The molecule has 0 bridgehead atoms. The molecule has 1 saturated heterocycles. The van der Waals surface area contributed by atoms with E-state index in [1.165, 1.54) is 69.4 Å². The van der Waals surface area contributed by atoms with Gasteiger partial charge in [-0.15, -0.1) is 0 Å². The molecule has 8 atom stereocenters. The minimum absolute atomic E-state index is 0.0640. The number of rotatable bonds is 29. The van der Waals surface area contributed by atoms with Crippen LogP contribution in [0.25, 0.3) is 0 Å². The second-order valence-corrected chi connectivity index (χ2v) is 23.7. The molecule has 3 aliphatic rings. The molecule has 4 rings (SSSR count). The Kier molecular flexibility index (Phi) is 24.7. The number of hydrogen-bond acceptors (Lipinski definition) is 11. The molecule has 0 aromatic heterocycles. The van der Waals surface area contributed by atoms with Gasteiger partial charge in [0.2, 0.25) is 47.3 Å². The van der Waals surface area contributed by atoms with Crippen molar-refractivity contribution in [3.8, 4) is 0 Å². The number of Topliss-reactive ketones (excluding diaryl/α,β-unsaturated/α-hetero) is 2. The van der Waals surface area contributed by atoms with Gasteiger partial charge in [0.1, 0.15) is 24.2 Å². The second kappa shape index (κ2) is 29.7. The first-order valence-corrected chi connectivity index (χ1v) is 29.2. The molecule has 3 N–H and O–H groups in total. The first-order chi connectivity index (χ1) is 37.1. The molecule has 3 fully saturated rings. The predicted molar refractivity (Wildman–Crippen MR) is 304 cm³/mol. The summed E-state index contributed by atoms with van der Waals surface area (Å²) in [6.07, 6.45) is 7.35. The van der Waals surface area contributed by atoms with Gasteiger partial charge in [-0.25, -0.2) is 0 Å². The van der Waals surface area contributed by atoms with E-state index in [1.54, 1.807) is 20.9 Å². The van der Waals surface area contributed by atoms with Gasteiger partial charge >= 0.3 is 0 Å². The molecule has 19 heteroatoms. The Morgan fingerprint density at radius 1 is 0.734 bits per heavy atom. The molecule has 1 aromatic carbocycles. The van der Waals surface area contributed by atoms with Crippen molar-refractivity contribution in [1.82, 2.24) is 39.6 Å². The van der Waals surface area contributed by atoms with E-state index >= 15 is 0 Å². The third kappa shape index (κ3) is 16.5. The maximum absolute atomic E-state index is 14.7. The summed E-state index contributed by atoms with van der Waals surface area (Å²) in [5, 5.41) is 2.79. The number of carbonyl (C=O) groups excluding carboxylic acids is 10. The molecule has 0 radical (unpaired) electrons. The van der Waals surface area contributed by atoms with E-state index in [9.17, 15) is 47.9 Å². The monoisotopic (exact) mass is 1100 g/mol. The zero-order valence-corrected chi connectivity index (χ0v) is 50.3. The molecule has 0 unspecified atom stereocenters. The van der Waals surface area contributed by atoms with Gasteiger partial charge in [0.05, 0.1) is 30.6 Å². The van der Waals surface area contributed by atoms with Gasteiger partial charge in [0.25, 0.3) is 0 Å². The van der Waals surface area contributed by atoms with Crippen LogP contribution in [0, 0.1) is 30.6 Å². The van der Waals surface area contributed by atoms with Crippen LogP contribution in [0.2, 0.25) is 0 Å². The maximum atomic E-state index is 14.7. The summed E-state index contributed by atoms with van der Waals surface area (Å²) in [7, 11) is 7.65. The van der Waals surface area contributed by atoms with Crippen LogP contribution in [-0.4, -0.2) is 196 Å². The van der Waals surface area contributed by atoms with Crippen molar-refractivity contribution >= 4 is 58.8 Å². The summed E-state index contributed by atoms with van der Waals surface area (Å²) < 4.78 is 0. The fourth-order valence-electron chi connectivity index (χ4n) is 11.8. The van der Waals surface area contributed by atoms with Crippen molar-refractivity contribution < 1.29 is 47.9 Å². The number of amides is 8. The molecule has 19 nitrogen and oxygen atoms in total. The first-order valence-electron chi connectivity index (χ1n) is 29.2. The van der Waals surface area contributed by atoms with E-state index < -0.39 is 95.4 Å². The number of ketones is 2. The lowest BCUT2D eigenvalue weighted by Gasteiger charge is -2.45. The molecule has 2 saturated carbocycles. The Morgan fingerprint density at radius 2 is 1.34 bits per heavy atom. The SMILES string of the molecule is CCCNC(=O)CN(C)C(=O)[C@H](Cc1ccc(C)cc1)N(CC)C(=O)[C@@H]1CCN1C(=O)[C@H](C)N(C)C(=O)[C@@H](CC(=O)[C@H](CC(C)C)N(C)C(=O)C[C@@H](C(C)=O)N(C)C(=O)[C@H](C1CCCC1)N(C)C(=O)C1(N)CCCC1)[C@@H](C)CC. The number of nitrogens with two attached hydrogens (primary N) is 1. The van der Waals surface area contributed by atoms with E-state index in [-0.39, 0.29) is 74.2 Å². The number of likely N-dealkylation sites (N-methyl/N-ethyl adjacent to an activating group) is 6. The molecular formula is C60H97N9O10. The number of nitrogens with zero attached hydrogens (tertiary/aromatic N) is 7. The number of benzene rings is 1. The lowest BCUT2D eigenvalue weighted by Crippen LogP contribution is -2.65. The fraction of sp³-hybridized carbons (Fsp3) is 0.733. The van der Waals surface area contributed by atoms with E-state index in [0.717, 1.165) is 56.1 Å². The number of aryl methyl sites for hydroxylation is 1. The van der Waals surface area contributed by atoms with Gasteiger partial charge in [-0.1, -0.05) is 96.6 Å². The Labute approximate surface area is 471 Å². The van der Waals surface area contributed by atoms with Gasteiger partial charge in [0, 0.05) is 73.6 Å². The Bertz CT molecular complexity index is 2310. The number of likely N-dealkylation sites (tertiary alicyclic amines) is 1. The largest absolute Gasteiger partial charge is 0.355 e. The van der Waals surface area contributed by atoms with Crippen molar-refractivity contribution in [1.29, 1.82) is 0 Å². The highest BCUT2D eigenvalue weighted by Crippen LogP contribution is 2.35. The van der Waals surface area contributed by atoms with Crippen LogP contribution in [0.4, 0.5) is 0 Å². The highest BCUT2D eigenvalue weighted by Gasteiger charge is 2.48. The summed E-state index contributed by atoms with van der Waals surface area (Å²) in [6, 6.07) is 1.71. The van der Waals surface area contributed by atoms with E-state index in [0.29, 0.717) is 32.2 Å². The maximum Gasteiger partial charge on any atom is 0.246 e. The lowest BCUT2D eigenvalue weighted by atomic mass is 9.83. The van der Waals surface area contributed by atoms with E-state index in [1.807, 2.05) is 65.8 Å². The highest BCUT2D eigenvalue weighted by atomic mass is 16.2. The van der Waals surface area contributed by atoms with Gasteiger partial charge < -0.3 is 45.3 Å². The minimum atomic E-state index is -1.18. The first kappa shape index (κ1) is 65.8. The van der Waals surface area contributed by atoms with Crippen LogP contribution < -0.4 is 11.1 Å². The normalized spacial score (nSPS) is 18.7. The summed E-state index contributed by atoms with van der Waals surface area (Å²) in [5.41, 5.74) is 7.40. The molecule has 2 aliphatic carbocycles. The van der Waals surface area contributed by atoms with Crippen molar-refractivity contribution in [2.24, 2.45) is 29.4 Å². The number of nitrogens with one attached hydrogen (secondary N) is 1. The van der Waals surface area contributed by atoms with Crippen molar-refractivity contribution in [2.75, 3.05) is 61.4 Å². The summed E-state index contributed by atoms with van der Waals surface area (Å²) in [5.74, 6) is -5.52. The molecular weight excluding hydrogens is 1010 g/mol. The van der Waals surface area contributed by atoms with Gasteiger partial charge in [-0.3, -0.25) is 47.9 Å². The van der Waals surface area contributed by atoms with Crippen LogP contribution in [0.3, 0.4) is 0 Å². The highest BCUT2D eigenvalue weighted by molar-refractivity contribution is 5.99. The summed E-state index contributed by atoms with van der Waals surface area (Å²) in [6.45, 7) is 16.8. The Hall–Kier alpha value is -5.72. The van der Waals surface area contributed by atoms with Crippen molar-refractivity contribution in [2.45, 2.75) is 200 Å². The third-order valence-electron chi connectivity index (χ3n) is 17.4. The van der Waals surface area contributed by atoms with Crippen LogP contribution in [-0.2, 0) is 54.4 Å². The number of hydrogen-bond donors (Lipinski definition) is 2. The van der Waals surface area contributed by atoms with Crippen LogP contribution in [0.15, 0.2) is 24.3 Å². The molecule has 0 spiro atoms. The molecule has 8 amide bonds. The zero-order chi connectivity index (χ0) is 59.2. The average Bonchev–Trinajstić information content (AvgIpc) is 4.14. The molecule has 79 heavy (non-hydrogen) atoms. The van der Waals surface area contributed by atoms with E-state index in [2.05, 4.69) is 5.32 Å². The predicted octanol–water partition coefficient (Wildman–Crippen LogP) is 4.78.